The van der Waals surface area contributed by atoms with E-state index in [9.17, 15) is 9.90 Å². The number of piperidine rings is 1. The van der Waals surface area contributed by atoms with E-state index >= 15 is 0 Å². The summed E-state index contributed by atoms with van der Waals surface area (Å²) in [6.07, 6.45) is 7.57. The SMILES string of the molecule is CC(C)(C(=O)O)c1ccc(/C=C/CCN2CCC(=C(c3ccccc3)c3ccccc3)CC2)cc1. The first-order valence-electron chi connectivity index (χ1n) is 12.5. The molecule has 0 aromatic heterocycles. The highest BCUT2D eigenvalue weighted by Crippen LogP contribution is 2.32. The average molecular weight is 466 g/mol. The Morgan fingerprint density at radius 2 is 1.40 bits per heavy atom. The molecule has 1 aliphatic rings. The molecule has 0 radical (unpaired) electrons. The summed E-state index contributed by atoms with van der Waals surface area (Å²) in [4.78, 5) is 14.0. The van der Waals surface area contributed by atoms with E-state index in [4.69, 9.17) is 0 Å². The normalized spacial score (nSPS) is 14.9. The Bertz CT molecular complexity index is 1120. The van der Waals surface area contributed by atoms with Gasteiger partial charge in [0.25, 0.3) is 0 Å². The Balaban J connectivity index is 1.34. The zero-order valence-electron chi connectivity index (χ0n) is 20.8. The number of carbonyl (C=O) groups is 1. The quantitative estimate of drug-likeness (QED) is 0.387. The number of carboxylic acid groups (broad SMARTS) is 1. The van der Waals surface area contributed by atoms with Crippen LogP contribution in [0.1, 0.15) is 55.4 Å². The van der Waals surface area contributed by atoms with Crippen LogP contribution >= 0.6 is 0 Å². The molecule has 0 spiro atoms. The van der Waals surface area contributed by atoms with E-state index in [2.05, 4.69) is 77.7 Å². The standard InChI is InChI=1S/C32H35NO2/c1-32(2,31(34)35)29-18-16-25(17-19-29)11-9-10-22-33-23-20-28(21-24-33)30(26-12-5-3-6-13-26)27-14-7-4-8-15-27/h3-9,11-19H,10,20-24H2,1-2H3,(H,34,35)/b11-9+. The predicted molar refractivity (Wildman–Crippen MR) is 145 cm³/mol. The topological polar surface area (TPSA) is 40.5 Å². The van der Waals surface area contributed by atoms with Gasteiger partial charge in [-0.1, -0.05) is 103 Å². The minimum absolute atomic E-state index is 0.806. The van der Waals surface area contributed by atoms with Crippen LogP contribution < -0.4 is 0 Å². The summed E-state index contributed by atoms with van der Waals surface area (Å²) < 4.78 is 0. The van der Waals surface area contributed by atoms with Gasteiger partial charge < -0.3 is 10.0 Å². The summed E-state index contributed by atoms with van der Waals surface area (Å²) in [6, 6.07) is 29.4. The fourth-order valence-corrected chi connectivity index (χ4v) is 4.69. The van der Waals surface area contributed by atoms with E-state index in [0.717, 1.165) is 50.0 Å². The fourth-order valence-electron chi connectivity index (χ4n) is 4.69. The van der Waals surface area contributed by atoms with E-state index in [1.807, 2.05) is 24.3 Å². The monoisotopic (exact) mass is 465 g/mol. The lowest BCUT2D eigenvalue weighted by molar-refractivity contribution is -0.142. The van der Waals surface area contributed by atoms with Crippen molar-refractivity contribution in [3.8, 4) is 0 Å². The molecule has 4 rings (SSSR count). The van der Waals surface area contributed by atoms with Gasteiger partial charge >= 0.3 is 5.97 Å². The summed E-state index contributed by atoms with van der Waals surface area (Å²) in [5, 5.41) is 9.40. The fraction of sp³-hybridized carbons (Fsp3) is 0.281. The molecule has 180 valence electrons. The molecule has 3 heteroatoms. The van der Waals surface area contributed by atoms with E-state index < -0.39 is 11.4 Å². The molecular formula is C32H35NO2. The number of likely N-dealkylation sites (tertiary alicyclic amines) is 1. The van der Waals surface area contributed by atoms with Crippen LogP contribution in [0.4, 0.5) is 0 Å². The van der Waals surface area contributed by atoms with Crippen molar-refractivity contribution in [1.29, 1.82) is 0 Å². The second kappa shape index (κ2) is 11.3. The number of hydrogen-bond donors (Lipinski definition) is 1. The smallest absolute Gasteiger partial charge is 0.313 e. The molecule has 3 nitrogen and oxygen atoms in total. The van der Waals surface area contributed by atoms with Crippen molar-refractivity contribution < 1.29 is 9.90 Å². The lowest BCUT2D eigenvalue weighted by Gasteiger charge is -2.30. The van der Waals surface area contributed by atoms with Crippen molar-refractivity contribution >= 4 is 17.6 Å². The van der Waals surface area contributed by atoms with Gasteiger partial charge in [-0.3, -0.25) is 4.79 Å². The molecule has 3 aromatic carbocycles. The van der Waals surface area contributed by atoms with Crippen molar-refractivity contribution in [1.82, 2.24) is 4.90 Å². The minimum Gasteiger partial charge on any atom is -0.481 e. The van der Waals surface area contributed by atoms with Gasteiger partial charge in [-0.05, 0) is 60.9 Å². The first kappa shape index (κ1) is 24.7. The van der Waals surface area contributed by atoms with Crippen LogP contribution in [0.25, 0.3) is 11.6 Å². The Kier molecular flexibility index (Phi) is 7.99. The van der Waals surface area contributed by atoms with Gasteiger partial charge in [-0.2, -0.15) is 0 Å². The molecule has 1 saturated heterocycles. The third-order valence-electron chi connectivity index (χ3n) is 7.03. The third-order valence-corrected chi connectivity index (χ3v) is 7.03. The number of benzene rings is 3. The second-order valence-electron chi connectivity index (χ2n) is 9.80. The zero-order valence-corrected chi connectivity index (χ0v) is 20.8. The number of aliphatic carboxylic acids is 1. The highest BCUT2D eigenvalue weighted by molar-refractivity contribution is 5.82. The highest BCUT2D eigenvalue weighted by Gasteiger charge is 2.29. The summed E-state index contributed by atoms with van der Waals surface area (Å²) >= 11 is 0. The van der Waals surface area contributed by atoms with Crippen molar-refractivity contribution in [2.75, 3.05) is 19.6 Å². The van der Waals surface area contributed by atoms with Gasteiger partial charge in [-0.25, -0.2) is 0 Å². The summed E-state index contributed by atoms with van der Waals surface area (Å²) in [7, 11) is 0. The van der Waals surface area contributed by atoms with Crippen LogP contribution in [-0.4, -0.2) is 35.6 Å². The number of rotatable bonds is 8. The molecule has 1 aliphatic heterocycles. The van der Waals surface area contributed by atoms with Gasteiger partial charge in [0.2, 0.25) is 0 Å². The first-order valence-corrected chi connectivity index (χ1v) is 12.5. The van der Waals surface area contributed by atoms with Crippen molar-refractivity contribution in [3.63, 3.8) is 0 Å². The van der Waals surface area contributed by atoms with E-state index in [-0.39, 0.29) is 0 Å². The maximum Gasteiger partial charge on any atom is 0.313 e. The first-order chi connectivity index (χ1) is 16.9. The van der Waals surface area contributed by atoms with Crippen molar-refractivity contribution in [2.24, 2.45) is 0 Å². The minimum atomic E-state index is -0.870. The Hall–Kier alpha value is -3.43. The molecule has 0 bridgehead atoms. The molecule has 0 saturated carbocycles. The molecule has 3 aromatic rings. The lowest BCUT2D eigenvalue weighted by atomic mass is 9.84. The highest BCUT2D eigenvalue weighted by atomic mass is 16.4. The van der Waals surface area contributed by atoms with Crippen LogP contribution in [0.15, 0.2) is 96.6 Å². The molecule has 35 heavy (non-hydrogen) atoms. The van der Waals surface area contributed by atoms with Crippen LogP contribution in [0.5, 0.6) is 0 Å². The maximum absolute atomic E-state index is 11.4. The molecule has 0 amide bonds. The van der Waals surface area contributed by atoms with Gasteiger partial charge in [0.15, 0.2) is 0 Å². The van der Waals surface area contributed by atoms with E-state index in [1.165, 1.54) is 16.7 Å². The summed E-state index contributed by atoms with van der Waals surface area (Å²) in [5.41, 5.74) is 6.63. The van der Waals surface area contributed by atoms with Gasteiger partial charge in [0.1, 0.15) is 0 Å². The predicted octanol–water partition coefficient (Wildman–Crippen LogP) is 7.05. The molecule has 1 heterocycles. The maximum atomic E-state index is 11.4. The van der Waals surface area contributed by atoms with Crippen LogP contribution in [0.3, 0.4) is 0 Å². The van der Waals surface area contributed by atoms with Crippen molar-refractivity contribution in [2.45, 2.75) is 38.5 Å². The molecule has 0 atom stereocenters. The van der Waals surface area contributed by atoms with Gasteiger partial charge in [-0.15, -0.1) is 0 Å². The zero-order chi connectivity index (χ0) is 24.7. The summed E-state index contributed by atoms with van der Waals surface area (Å²) in [5.74, 6) is -0.806. The number of carboxylic acids is 1. The molecule has 1 N–H and O–H groups in total. The molecule has 0 unspecified atom stereocenters. The van der Waals surface area contributed by atoms with Crippen LogP contribution in [0, 0.1) is 0 Å². The second-order valence-corrected chi connectivity index (χ2v) is 9.80. The average Bonchev–Trinajstić information content (AvgIpc) is 2.89. The summed E-state index contributed by atoms with van der Waals surface area (Å²) in [6.45, 7) is 6.71. The van der Waals surface area contributed by atoms with E-state index in [1.54, 1.807) is 19.4 Å². The largest absolute Gasteiger partial charge is 0.481 e. The van der Waals surface area contributed by atoms with Crippen LogP contribution in [0.2, 0.25) is 0 Å². The number of hydrogen-bond acceptors (Lipinski definition) is 2. The molecular weight excluding hydrogens is 430 g/mol. The molecule has 1 fully saturated rings. The van der Waals surface area contributed by atoms with Gasteiger partial charge in [0, 0.05) is 19.6 Å². The van der Waals surface area contributed by atoms with Gasteiger partial charge in [0.05, 0.1) is 5.41 Å². The van der Waals surface area contributed by atoms with E-state index in [0.29, 0.717) is 0 Å². The Morgan fingerprint density at radius 3 is 1.91 bits per heavy atom. The number of nitrogens with zero attached hydrogens (tertiary/aromatic N) is 1. The van der Waals surface area contributed by atoms with Crippen LogP contribution in [-0.2, 0) is 10.2 Å². The van der Waals surface area contributed by atoms with Crippen molar-refractivity contribution in [3.05, 3.63) is 119 Å². The lowest BCUT2D eigenvalue weighted by Crippen LogP contribution is -2.31. The third kappa shape index (κ3) is 6.17. The Labute approximate surface area is 209 Å². The Morgan fingerprint density at radius 1 is 0.857 bits per heavy atom. The molecule has 0 aliphatic carbocycles.